The fourth-order valence-corrected chi connectivity index (χ4v) is 1.94. The van der Waals surface area contributed by atoms with Gasteiger partial charge in [-0.15, -0.1) is 24.0 Å². The number of ether oxygens (including phenoxy) is 1. The molecule has 0 aliphatic heterocycles. The van der Waals surface area contributed by atoms with Crippen molar-refractivity contribution in [1.82, 2.24) is 10.6 Å². The van der Waals surface area contributed by atoms with Crippen LogP contribution in [0.2, 0.25) is 0 Å². The van der Waals surface area contributed by atoms with E-state index in [9.17, 15) is 0 Å². The van der Waals surface area contributed by atoms with Crippen LogP contribution in [0.1, 0.15) is 24.5 Å². The van der Waals surface area contributed by atoms with Gasteiger partial charge in [-0.1, -0.05) is 0 Å². The van der Waals surface area contributed by atoms with Crippen molar-refractivity contribution >= 4 is 41.7 Å². The molecule has 0 saturated carbocycles. The van der Waals surface area contributed by atoms with Gasteiger partial charge >= 0.3 is 0 Å². The topological polar surface area (TPSA) is 58.8 Å². The van der Waals surface area contributed by atoms with Crippen molar-refractivity contribution in [3.63, 3.8) is 0 Å². The zero-order valence-corrected chi connectivity index (χ0v) is 16.3. The number of hydrogen-bond donors (Lipinski definition) is 2. The summed E-state index contributed by atoms with van der Waals surface area (Å²) >= 11 is 1.80. The van der Waals surface area contributed by atoms with Crippen molar-refractivity contribution < 1.29 is 9.15 Å². The molecule has 0 aliphatic carbocycles. The molecule has 1 atom stereocenters. The van der Waals surface area contributed by atoms with E-state index in [0.717, 1.165) is 29.8 Å². The third-order valence-electron chi connectivity index (χ3n) is 2.71. The second-order valence-corrected chi connectivity index (χ2v) is 5.44. The first-order valence-electron chi connectivity index (χ1n) is 6.76. The van der Waals surface area contributed by atoms with Crippen LogP contribution in [0.3, 0.4) is 0 Å². The van der Waals surface area contributed by atoms with Gasteiger partial charge < -0.3 is 19.8 Å². The molecule has 1 unspecified atom stereocenters. The Balaban J connectivity index is 0.00000400. The first kappa shape index (κ1) is 20.6. The van der Waals surface area contributed by atoms with E-state index in [1.54, 1.807) is 18.9 Å². The molecule has 7 heteroatoms. The van der Waals surface area contributed by atoms with E-state index >= 15 is 0 Å². The van der Waals surface area contributed by atoms with Gasteiger partial charge in [0.2, 0.25) is 0 Å². The van der Waals surface area contributed by atoms with Crippen LogP contribution in [-0.2, 0) is 4.74 Å². The molecule has 1 aromatic rings. The lowest BCUT2D eigenvalue weighted by Crippen LogP contribution is -2.40. The predicted octanol–water partition coefficient (Wildman–Crippen LogP) is 2.81. The number of halogens is 1. The van der Waals surface area contributed by atoms with Gasteiger partial charge in [-0.05, 0) is 32.2 Å². The van der Waals surface area contributed by atoms with Crippen LogP contribution in [0.5, 0.6) is 0 Å². The summed E-state index contributed by atoms with van der Waals surface area (Å²) < 4.78 is 10.6. The standard InChI is InChI=1S/C14H25N3O2S.HI/c1-11-5-6-13(19-11)12(2)17-14(15-7-9-18-3)16-8-10-20-4;/h5-6,12H,7-10H2,1-4H3,(H2,15,16,17);1H. The molecule has 1 aromatic heterocycles. The van der Waals surface area contributed by atoms with Crippen molar-refractivity contribution in [3.05, 3.63) is 23.7 Å². The Hall–Kier alpha value is -0.410. The summed E-state index contributed by atoms with van der Waals surface area (Å²) in [5, 5.41) is 6.65. The summed E-state index contributed by atoms with van der Waals surface area (Å²) in [7, 11) is 1.68. The maximum absolute atomic E-state index is 5.62. The van der Waals surface area contributed by atoms with Crippen LogP contribution >= 0.6 is 35.7 Å². The van der Waals surface area contributed by atoms with Crippen LogP contribution in [0.4, 0.5) is 0 Å². The van der Waals surface area contributed by atoms with E-state index in [-0.39, 0.29) is 30.0 Å². The van der Waals surface area contributed by atoms with Gasteiger partial charge in [-0.25, -0.2) is 0 Å². The van der Waals surface area contributed by atoms with Crippen LogP contribution in [0.25, 0.3) is 0 Å². The van der Waals surface area contributed by atoms with Gasteiger partial charge in [0, 0.05) is 19.4 Å². The maximum Gasteiger partial charge on any atom is 0.191 e. The summed E-state index contributed by atoms with van der Waals surface area (Å²) in [5.41, 5.74) is 0. The number of guanidine groups is 1. The van der Waals surface area contributed by atoms with Gasteiger partial charge in [0.15, 0.2) is 5.96 Å². The normalized spacial score (nSPS) is 12.7. The minimum atomic E-state index is 0. The molecule has 1 heterocycles. The molecule has 0 aromatic carbocycles. The van der Waals surface area contributed by atoms with E-state index in [0.29, 0.717) is 13.2 Å². The van der Waals surface area contributed by atoms with Crippen LogP contribution in [0, 0.1) is 6.92 Å². The number of nitrogens with zero attached hydrogens (tertiary/aromatic N) is 1. The van der Waals surface area contributed by atoms with Crippen molar-refractivity contribution in [3.8, 4) is 0 Å². The summed E-state index contributed by atoms with van der Waals surface area (Å²) in [6, 6.07) is 4.03. The molecular formula is C14H26IN3O2S. The SMILES string of the molecule is COCCN=C(NCCSC)NC(C)c1ccc(C)o1.I. The Kier molecular flexibility index (Phi) is 11.9. The number of nitrogens with one attached hydrogen (secondary N) is 2. The highest BCUT2D eigenvalue weighted by Gasteiger charge is 2.11. The Bertz CT molecular complexity index is 413. The first-order chi connectivity index (χ1) is 9.67. The zero-order valence-electron chi connectivity index (χ0n) is 13.1. The second-order valence-electron chi connectivity index (χ2n) is 4.46. The quantitative estimate of drug-likeness (QED) is 0.289. The highest BCUT2D eigenvalue weighted by atomic mass is 127. The molecule has 5 nitrogen and oxygen atoms in total. The molecule has 0 amide bonds. The third kappa shape index (κ3) is 8.57. The number of rotatable bonds is 8. The maximum atomic E-state index is 5.62. The minimum absolute atomic E-state index is 0. The van der Waals surface area contributed by atoms with Crippen molar-refractivity contribution in [2.45, 2.75) is 19.9 Å². The van der Waals surface area contributed by atoms with Gasteiger partial charge in [0.25, 0.3) is 0 Å². The van der Waals surface area contributed by atoms with Crippen LogP contribution < -0.4 is 10.6 Å². The number of hydrogen-bond acceptors (Lipinski definition) is 4. The molecule has 0 bridgehead atoms. The predicted molar refractivity (Wildman–Crippen MR) is 101 cm³/mol. The summed E-state index contributed by atoms with van der Waals surface area (Å²) in [6.45, 7) is 6.13. The van der Waals surface area contributed by atoms with Crippen LogP contribution in [0.15, 0.2) is 21.5 Å². The van der Waals surface area contributed by atoms with Crippen LogP contribution in [-0.4, -0.2) is 44.8 Å². The number of aryl methyl sites for hydroxylation is 1. The molecule has 2 N–H and O–H groups in total. The van der Waals surface area contributed by atoms with Gasteiger partial charge in [-0.2, -0.15) is 11.8 Å². The fraction of sp³-hybridized carbons (Fsp3) is 0.643. The number of methoxy groups -OCH3 is 1. The lowest BCUT2D eigenvalue weighted by molar-refractivity contribution is 0.208. The summed E-state index contributed by atoms with van der Waals surface area (Å²) in [4.78, 5) is 4.48. The van der Waals surface area contributed by atoms with E-state index in [4.69, 9.17) is 9.15 Å². The molecule has 0 saturated heterocycles. The Morgan fingerprint density at radius 2 is 2.24 bits per heavy atom. The van der Waals surface area contributed by atoms with Gasteiger partial charge in [0.05, 0.1) is 19.2 Å². The van der Waals surface area contributed by atoms with Crippen molar-refractivity contribution in [1.29, 1.82) is 0 Å². The summed E-state index contributed by atoms with van der Waals surface area (Å²) in [5.74, 6) is 3.66. The molecule has 122 valence electrons. The lowest BCUT2D eigenvalue weighted by atomic mass is 10.2. The molecule has 0 spiro atoms. The Morgan fingerprint density at radius 1 is 1.48 bits per heavy atom. The van der Waals surface area contributed by atoms with E-state index < -0.39 is 0 Å². The Morgan fingerprint density at radius 3 is 2.81 bits per heavy atom. The molecular weight excluding hydrogens is 401 g/mol. The highest BCUT2D eigenvalue weighted by Crippen LogP contribution is 2.15. The van der Waals surface area contributed by atoms with Crippen molar-refractivity contribution in [2.24, 2.45) is 4.99 Å². The fourth-order valence-electron chi connectivity index (χ4n) is 1.64. The molecule has 0 fully saturated rings. The number of thioether (sulfide) groups is 1. The molecule has 0 aliphatic rings. The largest absolute Gasteiger partial charge is 0.464 e. The van der Waals surface area contributed by atoms with Gasteiger partial charge in [-0.3, -0.25) is 4.99 Å². The molecule has 1 rings (SSSR count). The van der Waals surface area contributed by atoms with Gasteiger partial charge in [0.1, 0.15) is 11.5 Å². The van der Waals surface area contributed by atoms with E-state index in [1.807, 2.05) is 19.1 Å². The van der Waals surface area contributed by atoms with Crippen molar-refractivity contribution in [2.75, 3.05) is 38.8 Å². The number of aliphatic imine (C=N–C) groups is 1. The summed E-state index contributed by atoms with van der Waals surface area (Å²) in [6.07, 6.45) is 2.09. The zero-order chi connectivity index (χ0) is 14.8. The Labute approximate surface area is 148 Å². The third-order valence-corrected chi connectivity index (χ3v) is 3.32. The average Bonchev–Trinajstić information content (AvgIpc) is 2.86. The molecule has 21 heavy (non-hydrogen) atoms. The minimum Gasteiger partial charge on any atom is -0.464 e. The first-order valence-corrected chi connectivity index (χ1v) is 8.15. The van der Waals surface area contributed by atoms with E-state index in [1.165, 1.54) is 0 Å². The second kappa shape index (κ2) is 12.2. The van der Waals surface area contributed by atoms with E-state index in [2.05, 4.69) is 28.8 Å². The average molecular weight is 427 g/mol. The lowest BCUT2D eigenvalue weighted by Gasteiger charge is -2.16. The smallest absolute Gasteiger partial charge is 0.191 e. The molecule has 0 radical (unpaired) electrons. The monoisotopic (exact) mass is 427 g/mol. The highest BCUT2D eigenvalue weighted by molar-refractivity contribution is 14.0. The number of furan rings is 1.